The summed E-state index contributed by atoms with van der Waals surface area (Å²) >= 11 is 0. The topological polar surface area (TPSA) is 68.0 Å². The summed E-state index contributed by atoms with van der Waals surface area (Å²) in [6, 6.07) is 5.39. The highest BCUT2D eigenvalue weighted by molar-refractivity contribution is 5.94. The van der Waals surface area contributed by atoms with Gasteiger partial charge in [0.05, 0.1) is 24.7 Å². The van der Waals surface area contributed by atoms with E-state index in [9.17, 15) is 10.1 Å². The third-order valence-electron chi connectivity index (χ3n) is 5.91. The maximum atomic E-state index is 11.6. The Morgan fingerprint density at radius 2 is 2.14 bits per heavy atom. The van der Waals surface area contributed by atoms with Crippen molar-refractivity contribution in [1.29, 1.82) is 0 Å². The molecule has 0 saturated heterocycles. The number of hydrogen-bond acceptors (Lipinski definition) is 5. The van der Waals surface area contributed by atoms with Crippen LogP contribution in [0.15, 0.2) is 41.5 Å². The summed E-state index contributed by atoms with van der Waals surface area (Å²) in [5.41, 5.74) is 4.05. The number of nitro groups is 1. The van der Waals surface area contributed by atoms with Gasteiger partial charge in [-0.2, -0.15) is 0 Å². The van der Waals surface area contributed by atoms with Crippen molar-refractivity contribution < 1.29 is 9.66 Å². The summed E-state index contributed by atoms with van der Waals surface area (Å²) in [6.45, 7) is 8.28. The van der Waals surface area contributed by atoms with Gasteiger partial charge in [0.2, 0.25) is 0 Å². The van der Waals surface area contributed by atoms with E-state index >= 15 is 0 Å². The number of hydrogen-bond donors (Lipinski definition) is 0. The van der Waals surface area contributed by atoms with Gasteiger partial charge in [-0.05, 0) is 48.4 Å². The normalized spacial score (nSPS) is 24.9. The lowest BCUT2D eigenvalue weighted by Gasteiger charge is -2.22. The third kappa shape index (κ3) is 4.33. The fourth-order valence-corrected chi connectivity index (χ4v) is 3.97. The second-order valence-electron chi connectivity index (χ2n) is 7.72. The molecule has 2 aliphatic rings. The first-order valence-corrected chi connectivity index (χ1v) is 9.88. The molecule has 2 unspecified atom stereocenters. The first-order valence-electron chi connectivity index (χ1n) is 9.88. The van der Waals surface area contributed by atoms with E-state index < -0.39 is 0 Å². The highest BCUT2D eigenvalue weighted by atomic mass is 16.6. The fourth-order valence-electron chi connectivity index (χ4n) is 3.97. The lowest BCUT2D eigenvalue weighted by molar-refractivity contribution is -0.384. The predicted octanol–water partition coefficient (Wildman–Crippen LogP) is 4.71. The van der Waals surface area contributed by atoms with Crippen molar-refractivity contribution in [3.63, 3.8) is 0 Å². The molecule has 1 aliphatic heterocycles. The SMILES string of the molecule is CC=CN=C(CN(C)c1cc(C2=CCOCC2)ccc1[N+](=O)[O-])C1C(C)C1C. The lowest BCUT2D eigenvalue weighted by Crippen LogP contribution is -2.28. The average molecular weight is 383 g/mol. The van der Waals surface area contributed by atoms with Gasteiger partial charge >= 0.3 is 0 Å². The molecular formula is C22H29N3O3. The van der Waals surface area contributed by atoms with Crippen LogP contribution in [0, 0.1) is 27.9 Å². The number of nitrogens with zero attached hydrogens (tertiary/aromatic N) is 3. The maximum absolute atomic E-state index is 11.6. The van der Waals surface area contributed by atoms with Gasteiger partial charge in [0.25, 0.3) is 5.69 Å². The van der Waals surface area contributed by atoms with Crippen molar-refractivity contribution in [1.82, 2.24) is 0 Å². The second-order valence-corrected chi connectivity index (χ2v) is 7.72. The third-order valence-corrected chi connectivity index (χ3v) is 5.91. The van der Waals surface area contributed by atoms with Crippen molar-refractivity contribution in [2.45, 2.75) is 27.2 Å². The molecule has 1 heterocycles. The van der Waals surface area contributed by atoms with E-state index in [2.05, 4.69) is 24.9 Å². The second kappa shape index (κ2) is 8.69. The molecule has 1 aromatic carbocycles. The molecule has 1 aliphatic carbocycles. The first-order chi connectivity index (χ1) is 13.4. The van der Waals surface area contributed by atoms with Crippen LogP contribution in [0.4, 0.5) is 11.4 Å². The predicted molar refractivity (Wildman–Crippen MR) is 114 cm³/mol. The van der Waals surface area contributed by atoms with E-state index in [1.807, 2.05) is 43.3 Å². The van der Waals surface area contributed by atoms with Gasteiger partial charge in [-0.1, -0.05) is 26.0 Å². The molecule has 0 N–H and O–H groups in total. The van der Waals surface area contributed by atoms with Gasteiger partial charge < -0.3 is 9.64 Å². The molecule has 3 rings (SSSR count). The van der Waals surface area contributed by atoms with E-state index in [-0.39, 0.29) is 10.6 Å². The van der Waals surface area contributed by atoms with Gasteiger partial charge in [0, 0.05) is 30.9 Å². The van der Waals surface area contributed by atoms with Crippen molar-refractivity contribution >= 4 is 22.7 Å². The molecule has 6 nitrogen and oxygen atoms in total. The highest BCUT2D eigenvalue weighted by Crippen LogP contribution is 2.47. The van der Waals surface area contributed by atoms with Gasteiger partial charge in [-0.3, -0.25) is 15.1 Å². The van der Waals surface area contributed by atoms with Crippen molar-refractivity contribution in [3.05, 3.63) is 52.2 Å². The van der Waals surface area contributed by atoms with E-state index in [1.165, 1.54) is 5.57 Å². The molecule has 1 fully saturated rings. The first kappa shape index (κ1) is 20.3. The standard InChI is InChI=1S/C22H29N3O3/c1-5-10-23-19(22-15(2)16(22)3)14-24(4)21-13-18(6-7-20(21)25(26)27)17-8-11-28-12-9-17/h5-8,10,13,15-16,22H,9,11-12,14H2,1-4H3. The van der Waals surface area contributed by atoms with Crippen LogP contribution in [-0.2, 0) is 4.74 Å². The minimum absolute atomic E-state index is 0.126. The zero-order valence-electron chi connectivity index (χ0n) is 17.1. The number of rotatable bonds is 7. The van der Waals surface area contributed by atoms with Crippen molar-refractivity contribution in [2.24, 2.45) is 22.7 Å². The van der Waals surface area contributed by atoms with Gasteiger partial charge in [0.15, 0.2) is 0 Å². The van der Waals surface area contributed by atoms with Crippen LogP contribution in [0.2, 0.25) is 0 Å². The molecule has 28 heavy (non-hydrogen) atoms. The van der Waals surface area contributed by atoms with E-state index in [0.29, 0.717) is 43.2 Å². The smallest absolute Gasteiger partial charge is 0.292 e. The number of ether oxygens (including phenoxy) is 1. The van der Waals surface area contributed by atoms with Crippen LogP contribution in [0.25, 0.3) is 5.57 Å². The van der Waals surface area contributed by atoms with Crippen LogP contribution in [-0.4, -0.2) is 37.4 Å². The molecule has 1 aromatic rings. The summed E-state index contributed by atoms with van der Waals surface area (Å²) in [7, 11) is 1.91. The fraction of sp³-hybridized carbons (Fsp3) is 0.500. The molecule has 0 bridgehead atoms. The van der Waals surface area contributed by atoms with Crippen LogP contribution < -0.4 is 4.90 Å². The van der Waals surface area contributed by atoms with Crippen LogP contribution in [0.5, 0.6) is 0 Å². The molecule has 0 amide bonds. The summed E-state index contributed by atoms with van der Waals surface area (Å²) in [6.07, 6.45) is 6.62. The summed E-state index contributed by atoms with van der Waals surface area (Å²) in [5.74, 6) is 1.65. The molecular weight excluding hydrogens is 354 g/mol. The van der Waals surface area contributed by atoms with Crippen molar-refractivity contribution in [2.75, 3.05) is 31.7 Å². The number of allylic oxidation sites excluding steroid dienone is 1. The van der Waals surface area contributed by atoms with Gasteiger partial charge in [-0.25, -0.2) is 0 Å². The molecule has 150 valence electrons. The molecule has 2 atom stereocenters. The minimum Gasteiger partial charge on any atom is -0.377 e. The van der Waals surface area contributed by atoms with Crippen LogP contribution in [0.3, 0.4) is 0 Å². The van der Waals surface area contributed by atoms with Gasteiger partial charge in [-0.15, -0.1) is 0 Å². The summed E-state index contributed by atoms with van der Waals surface area (Å²) < 4.78 is 5.39. The van der Waals surface area contributed by atoms with Crippen LogP contribution in [0.1, 0.15) is 32.8 Å². The van der Waals surface area contributed by atoms with E-state index in [1.54, 1.807) is 6.07 Å². The maximum Gasteiger partial charge on any atom is 0.292 e. The van der Waals surface area contributed by atoms with E-state index in [0.717, 1.165) is 17.7 Å². The number of nitro benzene ring substituents is 1. The zero-order valence-corrected chi connectivity index (χ0v) is 17.1. The molecule has 6 heteroatoms. The Labute approximate surface area is 166 Å². The number of benzene rings is 1. The average Bonchev–Trinajstić information content (AvgIpc) is 3.30. The Morgan fingerprint density at radius 3 is 2.71 bits per heavy atom. The number of anilines is 1. The monoisotopic (exact) mass is 383 g/mol. The quantitative estimate of drug-likeness (QED) is 0.388. The number of aliphatic imine (C=N–C) groups is 1. The Hall–Kier alpha value is -2.47. The largest absolute Gasteiger partial charge is 0.377 e. The highest BCUT2D eigenvalue weighted by Gasteiger charge is 2.46. The van der Waals surface area contributed by atoms with E-state index in [4.69, 9.17) is 4.74 Å². The Balaban J connectivity index is 1.91. The van der Waals surface area contributed by atoms with Crippen molar-refractivity contribution in [3.8, 4) is 0 Å². The van der Waals surface area contributed by atoms with Crippen LogP contribution >= 0.6 is 0 Å². The molecule has 0 aromatic heterocycles. The molecule has 0 radical (unpaired) electrons. The summed E-state index contributed by atoms with van der Waals surface area (Å²) in [4.78, 5) is 17.9. The molecule has 0 spiro atoms. The Kier molecular flexibility index (Phi) is 6.29. The Morgan fingerprint density at radius 1 is 1.39 bits per heavy atom. The zero-order chi connectivity index (χ0) is 20.3. The summed E-state index contributed by atoms with van der Waals surface area (Å²) in [5, 5.41) is 11.6. The Bertz CT molecular complexity index is 820. The minimum atomic E-state index is -0.306. The van der Waals surface area contributed by atoms with Gasteiger partial charge in [0.1, 0.15) is 5.69 Å². The molecule has 1 saturated carbocycles. The lowest BCUT2D eigenvalue weighted by atomic mass is 10.00.